The molecular formula is C67H53N. The number of rotatable bonds is 6. The lowest BCUT2D eigenvalue weighted by Gasteiger charge is -2.43. The van der Waals surface area contributed by atoms with Crippen molar-refractivity contribution >= 4 is 27.8 Å². The van der Waals surface area contributed by atoms with Gasteiger partial charge in [0.05, 0.1) is 11.1 Å². The van der Waals surface area contributed by atoms with Crippen LogP contribution in [0.25, 0.3) is 66.4 Å². The summed E-state index contributed by atoms with van der Waals surface area (Å²) in [6.45, 7) is 9.84. The number of hydrogen-bond donors (Lipinski definition) is 0. The summed E-state index contributed by atoms with van der Waals surface area (Å²) in [5.41, 5.74) is 24.0. The number of fused-ring (bicyclic) bond motifs is 12. The summed E-state index contributed by atoms with van der Waals surface area (Å²) in [6, 6.07) is 84.6. The van der Waals surface area contributed by atoms with Gasteiger partial charge in [-0.3, -0.25) is 0 Å². The molecule has 3 aliphatic carbocycles. The minimum absolute atomic E-state index is 0.0221. The standard InChI is InChI=1S/C67H53N/c1-65(2)39-40-66(3,4)64-55(24-16-28-61(64)65)57-42-56-54-23-12-15-27-60(54)67(58-25-13-10-21-52(58)53-22-11-14-26-59(53)67)62(56)43-63(57)68(51-38-35-45-19-8-9-20-49(45)41-51)50-36-33-48(34-37-50)47-31-29-46(30-32-47)44-17-6-5-7-18-44/h5-38,41-43H,39-40H2,1-4H3. The second-order valence-corrected chi connectivity index (χ2v) is 20.7. The van der Waals surface area contributed by atoms with Crippen LogP contribution in [0, 0.1) is 0 Å². The first-order valence-corrected chi connectivity index (χ1v) is 24.4. The molecule has 1 heteroatoms. The molecule has 10 aromatic carbocycles. The van der Waals surface area contributed by atoms with E-state index < -0.39 is 5.41 Å². The summed E-state index contributed by atoms with van der Waals surface area (Å²) in [6.07, 6.45) is 2.29. The smallest absolute Gasteiger partial charge is 0.0726 e. The predicted molar refractivity (Wildman–Crippen MR) is 287 cm³/mol. The topological polar surface area (TPSA) is 3.24 Å². The van der Waals surface area contributed by atoms with Crippen LogP contribution >= 0.6 is 0 Å². The van der Waals surface area contributed by atoms with Crippen LogP contribution in [0.3, 0.4) is 0 Å². The van der Waals surface area contributed by atoms with E-state index >= 15 is 0 Å². The van der Waals surface area contributed by atoms with Crippen molar-refractivity contribution in [1.82, 2.24) is 0 Å². The third-order valence-corrected chi connectivity index (χ3v) is 15.9. The molecule has 0 aromatic heterocycles. The van der Waals surface area contributed by atoms with E-state index in [4.69, 9.17) is 0 Å². The maximum absolute atomic E-state index is 2.61. The minimum atomic E-state index is -0.491. The lowest BCUT2D eigenvalue weighted by Crippen LogP contribution is -2.34. The first-order chi connectivity index (χ1) is 33.2. The van der Waals surface area contributed by atoms with Crippen molar-refractivity contribution in [1.29, 1.82) is 0 Å². The fraction of sp³-hybridized carbons (Fsp3) is 0.134. The first-order valence-electron chi connectivity index (χ1n) is 24.4. The van der Waals surface area contributed by atoms with Crippen LogP contribution in [0.1, 0.15) is 73.9 Å². The van der Waals surface area contributed by atoms with E-state index in [1.807, 2.05) is 0 Å². The highest BCUT2D eigenvalue weighted by molar-refractivity contribution is 6.01. The Hall–Kier alpha value is -7.74. The maximum atomic E-state index is 2.61. The molecule has 0 unspecified atom stereocenters. The second kappa shape index (κ2) is 15.1. The van der Waals surface area contributed by atoms with Crippen LogP contribution in [-0.4, -0.2) is 0 Å². The van der Waals surface area contributed by atoms with Crippen molar-refractivity contribution in [3.8, 4) is 55.6 Å². The van der Waals surface area contributed by atoms with Crippen LogP contribution in [0.5, 0.6) is 0 Å². The van der Waals surface area contributed by atoms with Crippen molar-refractivity contribution in [3.63, 3.8) is 0 Å². The lowest BCUT2D eigenvalue weighted by atomic mass is 9.61. The molecule has 0 atom stereocenters. The molecule has 0 amide bonds. The third kappa shape index (κ3) is 6.01. The molecule has 0 radical (unpaired) electrons. The summed E-state index contributed by atoms with van der Waals surface area (Å²) >= 11 is 0. The normalized spacial score (nSPS) is 15.3. The van der Waals surface area contributed by atoms with Crippen LogP contribution in [0.4, 0.5) is 17.1 Å². The largest absolute Gasteiger partial charge is 0.310 e. The van der Waals surface area contributed by atoms with Crippen molar-refractivity contribution < 1.29 is 0 Å². The van der Waals surface area contributed by atoms with Crippen molar-refractivity contribution in [3.05, 3.63) is 258 Å². The van der Waals surface area contributed by atoms with E-state index in [-0.39, 0.29) is 10.8 Å². The summed E-state index contributed by atoms with van der Waals surface area (Å²) in [5, 5.41) is 2.45. The second-order valence-electron chi connectivity index (χ2n) is 20.7. The third-order valence-electron chi connectivity index (χ3n) is 15.9. The Morgan fingerprint density at radius 3 is 1.41 bits per heavy atom. The Kier molecular flexibility index (Phi) is 9.02. The quantitative estimate of drug-likeness (QED) is 0.161. The summed E-state index contributed by atoms with van der Waals surface area (Å²) in [4.78, 5) is 2.56. The number of hydrogen-bond acceptors (Lipinski definition) is 1. The van der Waals surface area contributed by atoms with E-state index in [0.717, 1.165) is 24.2 Å². The van der Waals surface area contributed by atoms with E-state index in [0.29, 0.717) is 0 Å². The van der Waals surface area contributed by atoms with Gasteiger partial charge in [-0.05, 0) is 154 Å². The highest BCUT2D eigenvalue weighted by Crippen LogP contribution is 2.65. The van der Waals surface area contributed by atoms with E-state index in [1.54, 1.807) is 0 Å². The van der Waals surface area contributed by atoms with E-state index in [9.17, 15) is 0 Å². The summed E-state index contributed by atoms with van der Waals surface area (Å²) in [5.74, 6) is 0. The number of benzene rings is 10. The monoisotopic (exact) mass is 871 g/mol. The Morgan fingerprint density at radius 1 is 0.309 bits per heavy atom. The first kappa shape index (κ1) is 40.5. The minimum Gasteiger partial charge on any atom is -0.310 e. The van der Waals surface area contributed by atoms with Gasteiger partial charge in [0.2, 0.25) is 0 Å². The molecule has 1 spiro atoms. The van der Waals surface area contributed by atoms with E-state index in [1.165, 1.54) is 105 Å². The van der Waals surface area contributed by atoms with Gasteiger partial charge in [0.25, 0.3) is 0 Å². The molecule has 0 N–H and O–H groups in total. The Balaban J connectivity index is 1.10. The summed E-state index contributed by atoms with van der Waals surface area (Å²) < 4.78 is 0. The molecule has 0 saturated carbocycles. The maximum Gasteiger partial charge on any atom is 0.0726 e. The van der Waals surface area contributed by atoms with Crippen LogP contribution < -0.4 is 4.90 Å². The van der Waals surface area contributed by atoms with Gasteiger partial charge in [-0.25, -0.2) is 0 Å². The summed E-state index contributed by atoms with van der Waals surface area (Å²) in [7, 11) is 0. The SMILES string of the molecule is CC1(C)CCC(C)(C)c2c(-c3cc4c(cc3N(c3ccc(-c5ccc(-c6ccccc6)cc5)cc3)c3ccc5ccccc5c3)C3(c5ccccc5-c5ccccc53)c3ccccc3-4)cccc21. The molecular weight excluding hydrogens is 819 g/mol. The number of nitrogens with zero attached hydrogens (tertiary/aromatic N) is 1. The van der Waals surface area contributed by atoms with Gasteiger partial charge in [-0.2, -0.15) is 0 Å². The Morgan fingerprint density at radius 2 is 0.779 bits per heavy atom. The van der Waals surface area contributed by atoms with Gasteiger partial charge >= 0.3 is 0 Å². The van der Waals surface area contributed by atoms with Gasteiger partial charge in [0, 0.05) is 16.9 Å². The molecule has 68 heavy (non-hydrogen) atoms. The highest BCUT2D eigenvalue weighted by atomic mass is 15.1. The molecule has 13 rings (SSSR count). The zero-order valence-corrected chi connectivity index (χ0v) is 39.2. The number of anilines is 3. The van der Waals surface area contributed by atoms with Crippen LogP contribution in [-0.2, 0) is 16.2 Å². The fourth-order valence-electron chi connectivity index (χ4n) is 12.5. The van der Waals surface area contributed by atoms with Gasteiger partial charge in [0.15, 0.2) is 0 Å². The Labute approximate surface area is 401 Å². The molecule has 1 nitrogen and oxygen atoms in total. The fourth-order valence-corrected chi connectivity index (χ4v) is 12.5. The molecule has 0 bridgehead atoms. The van der Waals surface area contributed by atoms with Crippen molar-refractivity contribution in [2.24, 2.45) is 0 Å². The molecule has 0 saturated heterocycles. The zero-order valence-electron chi connectivity index (χ0n) is 39.2. The average molecular weight is 872 g/mol. The molecule has 0 fully saturated rings. The van der Waals surface area contributed by atoms with Gasteiger partial charge < -0.3 is 4.90 Å². The molecule has 0 heterocycles. The van der Waals surface area contributed by atoms with Gasteiger partial charge in [-0.1, -0.05) is 216 Å². The van der Waals surface area contributed by atoms with Crippen molar-refractivity contribution in [2.75, 3.05) is 4.90 Å². The zero-order chi connectivity index (χ0) is 45.8. The molecule has 10 aromatic rings. The molecule has 3 aliphatic rings. The Bertz CT molecular complexity index is 3560. The predicted octanol–water partition coefficient (Wildman–Crippen LogP) is 18.0. The van der Waals surface area contributed by atoms with Gasteiger partial charge in [0.1, 0.15) is 0 Å². The van der Waals surface area contributed by atoms with Crippen molar-refractivity contribution in [2.45, 2.75) is 56.8 Å². The van der Waals surface area contributed by atoms with Gasteiger partial charge in [-0.15, -0.1) is 0 Å². The molecule has 326 valence electrons. The lowest BCUT2D eigenvalue weighted by molar-refractivity contribution is 0.333. The van der Waals surface area contributed by atoms with Crippen LogP contribution in [0.15, 0.2) is 224 Å². The van der Waals surface area contributed by atoms with E-state index in [2.05, 4.69) is 257 Å². The highest BCUT2D eigenvalue weighted by Gasteiger charge is 2.52. The average Bonchev–Trinajstić information content (AvgIpc) is 3.85. The molecule has 0 aliphatic heterocycles. The van der Waals surface area contributed by atoms with Crippen LogP contribution in [0.2, 0.25) is 0 Å².